The average molecular weight is 401 g/mol. The Morgan fingerprint density at radius 2 is 2.18 bits per heavy atom. The number of anilines is 1. The molecule has 0 saturated heterocycles. The quantitative estimate of drug-likeness (QED) is 0.698. The van der Waals surface area contributed by atoms with Crippen molar-refractivity contribution in [1.82, 2.24) is 0 Å². The third-order valence-electron chi connectivity index (χ3n) is 4.42. The zero-order valence-electron chi connectivity index (χ0n) is 15.2. The number of amides is 1. The highest BCUT2D eigenvalue weighted by Crippen LogP contribution is 2.35. The fraction of sp³-hybridized carbons (Fsp3) is 0.238. The summed E-state index contributed by atoms with van der Waals surface area (Å²) in [4.78, 5) is 14.1. The number of halogens is 2. The van der Waals surface area contributed by atoms with Gasteiger partial charge in [-0.15, -0.1) is 0 Å². The molecule has 0 bridgehead atoms. The molecule has 0 aromatic heterocycles. The van der Waals surface area contributed by atoms with Crippen molar-refractivity contribution in [2.75, 3.05) is 25.2 Å². The number of benzene rings is 2. The zero-order chi connectivity index (χ0) is 20.1. The molecule has 28 heavy (non-hydrogen) atoms. The Hall–Kier alpha value is -3.04. The molecular weight excluding hydrogens is 383 g/mol. The fourth-order valence-corrected chi connectivity index (χ4v) is 3.38. The van der Waals surface area contributed by atoms with Gasteiger partial charge in [0.15, 0.2) is 18.1 Å². The normalized spacial score (nSPS) is 13.1. The van der Waals surface area contributed by atoms with Crippen molar-refractivity contribution >= 4 is 29.3 Å². The third kappa shape index (κ3) is 4.10. The minimum atomic E-state index is -0.457. The highest BCUT2D eigenvalue weighted by Gasteiger charge is 2.26. The number of carbonyl (C=O) groups is 1. The number of nitrogens with zero attached hydrogens (tertiary/aromatic N) is 2. The van der Waals surface area contributed by atoms with Crippen molar-refractivity contribution < 1.29 is 18.7 Å². The van der Waals surface area contributed by atoms with E-state index in [2.05, 4.69) is 0 Å². The number of methoxy groups -OCH3 is 1. The lowest BCUT2D eigenvalue weighted by molar-refractivity contribution is -0.114. The number of nitriles is 1. The average Bonchev–Trinajstić information content (AvgIpc) is 2.73. The molecule has 1 heterocycles. The smallest absolute Gasteiger partial charge is 0.251 e. The number of rotatable bonds is 5. The van der Waals surface area contributed by atoms with Crippen LogP contribution in [0.15, 0.2) is 36.4 Å². The maximum Gasteiger partial charge on any atom is 0.251 e. The van der Waals surface area contributed by atoms with Crippen molar-refractivity contribution in [3.63, 3.8) is 0 Å². The number of fused-ring (bicyclic) bond motifs is 1. The summed E-state index contributed by atoms with van der Waals surface area (Å²) in [5.74, 6) is 0.104. The van der Waals surface area contributed by atoms with E-state index in [1.165, 1.54) is 30.2 Å². The van der Waals surface area contributed by atoms with Gasteiger partial charge < -0.3 is 14.4 Å². The minimum Gasteiger partial charge on any atom is -0.493 e. The minimum absolute atomic E-state index is 0.0907. The molecule has 0 N–H and O–H groups in total. The van der Waals surface area contributed by atoms with Crippen LogP contribution in [-0.2, 0) is 11.2 Å². The van der Waals surface area contributed by atoms with Crippen LogP contribution in [0.4, 0.5) is 10.1 Å². The van der Waals surface area contributed by atoms with Crippen LogP contribution in [0.1, 0.15) is 17.5 Å². The van der Waals surface area contributed by atoms with Gasteiger partial charge in [-0.25, -0.2) is 4.39 Å². The number of carbonyl (C=O) groups excluding carboxylic acids is 1. The Morgan fingerprint density at radius 3 is 2.93 bits per heavy atom. The Morgan fingerprint density at radius 1 is 1.36 bits per heavy atom. The molecule has 5 nitrogen and oxygen atoms in total. The highest BCUT2D eigenvalue weighted by molar-refractivity contribution is 6.32. The first-order valence-corrected chi connectivity index (χ1v) is 9.07. The summed E-state index contributed by atoms with van der Waals surface area (Å²) < 4.78 is 24.9. The lowest BCUT2D eigenvalue weighted by Gasteiger charge is -2.29. The SMILES string of the molecule is COc1cc(/C=C/C(=O)N2CCCc3c(Cl)ccc(F)c32)ccc1OCC#N. The van der Waals surface area contributed by atoms with E-state index in [4.69, 9.17) is 26.3 Å². The van der Waals surface area contributed by atoms with Crippen molar-refractivity contribution in [3.8, 4) is 17.6 Å². The molecule has 2 aromatic rings. The van der Waals surface area contributed by atoms with Gasteiger partial charge in [-0.1, -0.05) is 17.7 Å². The summed E-state index contributed by atoms with van der Waals surface area (Å²) >= 11 is 6.17. The van der Waals surface area contributed by atoms with Crippen LogP contribution in [0, 0.1) is 17.1 Å². The Balaban J connectivity index is 1.82. The summed E-state index contributed by atoms with van der Waals surface area (Å²) in [6.45, 7) is 0.338. The van der Waals surface area contributed by atoms with Gasteiger partial charge in [0.2, 0.25) is 0 Å². The van der Waals surface area contributed by atoms with E-state index in [-0.39, 0.29) is 18.2 Å². The Bertz CT molecular complexity index is 969. The second kappa shape index (κ2) is 8.77. The molecule has 0 fully saturated rings. The maximum absolute atomic E-state index is 14.3. The predicted octanol–water partition coefficient (Wildman–Crippen LogP) is 4.38. The molecule has 7 heteroatoms. The molecule has 0 radical (unpaired) electrons. The van der Waals surface area contributed by atoms with Crippen LogP contribution in [-0.4, -0.2) is 26.2 Å². The van der Waals surface area contributed by atoms with Gasteiger partial charge >= 0.3 is 0 Å². The van der Waals surface area contributed by atoms with E-state index in [9.17, 15) is 9.18 Å². The molecule has 1 aliphatic rings. The molecule has 144 valence electrons. The van der Waals surface area contributed by atoms with Gasteiger partial charge in [-0.2, -0.15) is 5.26 Å². The van der Waals surface area contributed by atoms with Crippen molar-refractivity contribution in [2.24, 2.45) is 0 Å². The number of ether oxygens (including phenoxy) is 2. The van der Waals surface area contributed by atoms with Crippen LogP contribution in [0.2, 0.25) is 5.02 Å². The zero-order valence-corrected chi connectivity index (χ0v) is 16.0. The van der Waals surface area contributed by atoms with Gasteiger partial charge in [0, 0.05) is 17.6 Å². The van der Waals surface area contributed by atoms with Crippen molar-refractivity contribution in [3.05, 3.63) is 58.4 Å². The first-order valence-electron chi connectivity index (χ1n) is 8.69. The fourth-order valence-electron chi connectivity index (χ4n) is 3.13. The van der Waals surface area contributed by atoms with Gasteiger partial charge in [0.25, 0.3) is 5.91 Å². The lowest BCUT2D eigenvalue weighted by atomic mass is 10.0. The van der Waals surface area contributed by atoms with Crippen LogP contribution in [0.5, 0.6) is 11.5 Å². The van der Waals surface area contributed by atoms with E-state index in [0.717, 1.165) is 0 Å². The second-order valence-electron chi connectivity index (χ2n) is 6.14. The lowest BCUT2D eigenvalue weighted by Crippen LogP contribution is -2.35. The summed E-state index contributed by atoms with van der Waals surface area (Å²) in [6, 6.07) is 9.78. The van der Waals surface area contributed by atoms with Crippen LogP contribution in [0.3, 0.4) is 0 Å². The summed E-state index contributed by atoms with van der Waals surface area (Å²) in [7, 11) is 1.49. The summed E-state index contributed by atoms with van der Waals surface area (Å²) in [5, 5.41) is 9.09. The Labute approximate surface area is 167 Å². The number of hydrogen-bond acceptors (Lipinski definition) is 4. The predicted molar refractivity (Wildman–Crippen MR) is 105 cm³/mol. The van der Waals surface area contributed by atoms with E-state index < -0.39 is 5.82 Å². The highest BCUT2D eigenvalue weighted by atomic mass is 35.5. The standard InChI is InChI=1S/C21H18ClFN2O3/c1-27-19-13-14(4-8-18(19)28-12-10-24)5-9-20(26)25-11-2-3-15-16(22)6-7-17(23)21(15)25/h4-9,13H,2-3,11-12H2,1H3/b9-5+. The molecular formula is C21H18ClFN2O3. The second-order valence-corrected chi connectivity index (χ2v) is 6.55. The largest absolute Gasteiger partial charge is 0.493 e. The Kier molecular flexibility index (Phi) is 6.17. The molecule has 0 aliphatic carbocycles. The maximum atomic E-state index is 14.3. The molecule has 2 aromatic carbocycles. The van der Waals surface area contributed by atoms with Crippen LogP contribution in [0.25, 0.3) is 6.08 Å². The van der Waals surface area contributed by atoms with Crippen molar-refractivity contribution in [1.29, 1.82) is 5.26 Å². The van der Waals surface area contributed by atoms with Gasteiger partial charge in [0.1, 0.15) is 11.9 Å². The summed E-state index contributed by atoms with van der Waals surface area (Å²) in [6.07, 6.45) is 4.37. The first kappa shape index (κ1) is 19.7. The molecule has 1 amide bonds. The first-order chi connectivity index (χ1) is 13.5. The third-order valence-corrected chi connectivity index (χ3v) is 4.77. The van der Waals surface area contributed by atoms with Crippen LogP contribution >= 0.6 is 11.6 Å². The van der Waals surface area contributed by atoms with Gasteiger partial charge in [-0.05, 0) is 54.3 Å². The van der Waals surface area contributed by atoms with E-state index in [1.807, 2.05) is 6.07 Å². The van der Waals surface area contributed by atoms with Gasteiger partial charge in [0.05, 0.1) is 12.8 Å². The van der Waals surface area contributed by atoms with E-state index >= 15 is 0 Å². The number of hydrogen-bond donors (Lipinski definition) is 0. The summed E-state index contributed by atoms with van der Waals surface area (Å²) in [5.41, 5.74) is 1.62. The van der Waals surface area contributed by atoms with Gasteiger partial charge in [-0.3, -0.25) is 4.79 Å². The topological polar surface area (TPSA) is 62.6 Å². The molecule has 0 atom stereocenters. The molecule has 0 unspecified atom stereocenters. The molecule has 0 saturated carbocycles. The monoisotopic (exact) mass is 400 g/mol. The van der Waals surface area contributed by atoms with Crippen LogP contribution < -0.4 is 14.4 Å². The van der Waals surface area contributed by atoms with E-state index in [0.29, 0.717) is 47.0 Å². The molecule has 0 spiro atoms. The molecule has 3 rings (SSSR count). The molecule has 1 aliphatic heterocycles. The van der Waals surface area contributed by atoms with E-state index in [1.54, 1.807) is 24.3 Å². The van der Waals surface area contributed by atoms with Crippen molar-refractivity contribution in [2.45, 2.75) is 12.8 Å².